The Kier molecular flexibility index (Phi) is 3.69. The second kappa shape index (κ2) is 5.07. The molecule has 1 fully saturated rings. The standard InChI is InChI=1S/C13H16ClNO2/c1-17-12-7-8(5-6-10(12)14)13(16)9-3-2-4-11(9)15/h5-7,9,11H,2-4,15H2,1H3. The minimum atomic E-state index is -0.0547. The number of hydrogen-bond donors (Lipinski definition) is 1. The van der Waals surface area contributed by atoms with Crippen LogP contribution in [0.3, 0.4) is 0 Å². The molecule has 2 unspecified atom stereocenters. The van der Waals surface area contributed by atoms with Gasteiger partial charge in [-0.1, -0.05) is 18.0 Å². The van der Waals surface area contributed by atoms with E-state index >= 15 is 0 Å². The molecule has 1 aliphatic carbocycles. The molecular formula is C13H16ClNO2. The molecule has 0 radical (unpaired) electrons. The summed E-state index contributed by atoms with van der Waals surface area (Å²) in [4.78, 5) is 12.3. The molecule has 1 aromatic carbocycles. The topological polar surface area (TPSA) is 52.3 Å². The Morgan fingerprint density at radius 2 is 2.24 bits per heavy atom. The van der Waals surface area contributed by atoms with E-state index in [2.05, 4.69) is 0 Å². The minimum Gasteiger partial charge on any atom is -0.495 e. The second-order valence-corrected chi connectivity index (χ2v) is 4.82. The van der Waals surface area contributed by atoms with E-state index in [-0.39, 0.29) is 17.7 Å². The van der Waals surface area contributed by atoms with Gasteiger partial charge in [-0.3, -0.25) is 4.79 Å². The van der Waals surface area contributed by atoms with Crippen LogP contribution in [-0.2, 0) is 0 Å². The molecule has 1 aromatic rings. The van der Waals surface area contributed by atoms with Crippen molar-refractivity contribution in [2.75, 3.05) is 7.11 Å². The van der Waals surface area contributed by atoms with E-state index in [1.54, 1.807) is 18.2 Å². The number of methoxy groups -OCH3 is 1. The number of benzene rings is 1. The van der Waals surface area contributed by atoms with Gasteiger partial charge < -0.3 is 10.5 Å². The van der Waals surface area contributed by atoms with Crippen LogP contribution in [0, 0.1) is 5.92 Å². The molecule has 0 heterocycles. The summed E-state index contributed by atoms with van der Waals surface area (Å²) in [5.74, 6) is 0.579. The van der Waals surface area contributed by atoms with E-state index in [1.165, 1.54) is 7.11 Å². The number of nitrogens with two attached hydrogens (primary N) is 1. The molecule has 1 saturated carbocycles. The highest BCUT2D eigenvalue weighted by atomic mass is 35.5. The van der Waals surface area contributed by atoms with Crippen molar-refractivity contribution in [1.82, 2.24) is 0 Å². The summed E-state index contributed by atoms with van der Waals surface area (Å²) in [6.07, 6.45) is 2.84. The highest BCUT2D eigenvalue weighted by Crippen LogP contribution is 2.30. The molecular weight excluding hydrogens is 238 g/mol. The molecule has 1 aliphatic rings. The first kappa shape index (κ1) is 12.4. The van der Waals surface area contributed by atoms with Crippen LogP contribution < -0.4 is 10.5 Å². The highest BCUT2D eigenvalue weighted by Gasteiger charge is 2.31. The zero-order chi connectivity index (χ0) is 12.4. The average Bonchev–Trinajstić information content (AvgIpc) is 2.75. The van der Waals surface area contributed by atoms with E-state index in [9.17, 15) is 4.79 Å². The summed E-state index contributed by atoms with van der Waals surface area (Å²) in [7, 11) is 1.54. The maximum atomic E-state index is 12.3. The van der Waals surface area contributed by atoms with Crippen LogP contribution in [0.1, 0.15) is 29.6 Å². The number of carbonyl (C=O) groups is 1. The fraction of sp³-hybridized carbons (Fsp3) is 0.462. The van der Waals surface area contributed by atoms with Crippen LogP contribution in [0.4, 0.5) is 0 Å². The Balaban J connectivity index is 2.24. The zero-order valence-electron chi connectivity index (χ0n) is 9.78. The summed E-state index contributed by atoms with van der Waals surface area (Å²) in [5.41, 5.74) is 6.57. The fourth-order valence-corrected chi connectivity index (χ4v) is 2.54. The van der Waals surface area contributed by atoms with Gasteiger partial charge in [-0.25, -0.2) is 0 Å². The lowest BCUT2D eigenvalue weighted by molar-refractivity contribution is 0.0913. The summed E-state index contributed by atoms with van der Waals surface area (Å²) in [6.45, 7) is 0. The summed E-state index contributed by atoms with van der Waals surface area (Å²) in [5, 5.41) is 0.514. The molecule has 4 heteroatoms. The summed E-state index contributed by atoms with van der Waals surface area (Å²) < 4.78 is 5.11. The molecule has 2 rings (SSSR count). The third kappa shape index (κ3) is 2.45. The Morgan fingerprint density at radius 1 is 1.47 bits per heavy atom. The van der Waals surface area contributed by atoms with Gasteiger partial charge in [0.1, 0.15) is 5.75 Å². The van der Waals surface area contributed by atoms with Crippen molar-refractivity contribution >= 4 is 17.4 Å². The van der Waals surface area contributed by atoms with Crippen LogP contribution in [0.5, 0.6) is 5.75 Å². The lowest BCUT2D eigenvalue weighted by Crippen LogP contribution is -2.30. The van der Waals surface area contributed by atoms with Crippen molar-refractivity contribution in [2.45, 2.75) is 25.3 Å². The van der Waals surface area contributed by atoms with Gasteiger partial charge in [0.05, 0.1) is 12.1 Å². The largest absolute Gasteiger partial charge is 0.495 e. The maximum absolute atomic E-state index is 12.3. The van der Waals surface area contributed by atoms with Gasteiger partial charge >= 0.3 is 0 Å². The Bertz CT molecular complexity index is 433. The van der Waals surface area contributed by atoms with Crippen molar-refractivity contribution in [3.8, 4) is 5.75 Å². The fourth-order valence-electron chi connectivity index (χ4n) is 2.34. The third-order valence-electron chi connectivity index (χ3n) is 3.34. The van der Waals surface area contributed by atoms with E-state index in [4.69, 9.17) is 22.1 Å². The van der Waals surface area contributed by atoms with Crippen LogP contribution >= 0.6 is 11.6 Å². The Morgan fingerprint density at radius 3 is 2.82 bits per heavy atom. The monoisotopic (exact) mass is 253 g/mol. The van der Waals surface area contributed by atoms with Gasteiger partial charge in [-0.15, -0.1) is 0 Å². The first-order valence-corrected chi connectivity index (χ1v) is 6.14. The number of rotatable bonds is 3. The molecule has 3 nitrogen and oxygen atoms in total. The van der Waals surface area contributed by atoms with Crippen molar-refractivity contribution in [3.05, 3.63) is 28.8 Å². The predicted molar refractivity (Wildman–Crippen MR) is 67.7 cm³/mol. The average molecular weight is 254 g/mol. The lowest BCUT2D eigenvalue weighted by atomic mass is 9.93. The first-order valence-electron chi connectivity index (χ1n) is 5.77. The Labute approximate surface area is 106 Å². The minimum absolute atomic E-state index is 0.0100. The molecule has 0 amide bonds. The van der Waals surface area contributed by atoms with Gasteiger partial charge in [0.2, 0.25) is 0 Å². The molecule has 0 bridgehead atoms. The number of ether oxygens (including phenoxy) is 1. The summed E-state index contributed by atoms with van der Waals surface area (Å²) >= 11 is 5.93. The van der Waals surface area contributed by atoms with Crippen LogP contribution in [0.25, 0.3) is 0 Å². The second-order valence-electron chi connectivity index (χ2n) is 4.41. The van der Waals surface area contributed by atoms with E-state index in [1.807, 2.05) is 0 Å². The number of carbonyl (C=O) groups excluding carboxylic acids is 1. The van der Waals surface area contributed by atoms with Gasteiger partial charge in [-0.2, -0.15) is 0 Å². The number of hydrogen-bond acceptors (Lipinski definition) is 3. The van der Waals surface area contributed by atoms with Gasteiger partial charge in [-0.05, 0) is 31.0 Å². The molecule has 17 heavy (non-hydrogen) atoms. The van der Waals surface area contributed by atoms with Crippen LogP contribution in [0.15, 0.2) is 18.2 Å². The smallest absolute Gasteiger partial charge is 0.167 e. The normalized spacial score (nSPS) is 23.7. The molecule has 2 N–H and O–H groups in total. The molecule has 0 aliphatic heterocycles. The predicted octanol–water partition coefficient (Wildman–Crippen LogP) is 2.66. The summed E-state index contributed by atoms with van der Waals surface area (Å²) in [6, 6.07) is 5.10. The lowest BCUT2D eigenvalue weighted by Gasteiger charge is -2.14. The highest BCUT2D eigenvalue weighted by molar-refractivity contribution is 6.32. The quantitative estimate of drug-likeness (QED) is 0.843. The van der Waals surface area contributed by atoms with Crippen molar-refractivity contribution in [2.24, 2.45) is 11.7 Å². The molecule has 92 valence electrons. The molecule has 0 spiro atoms. The molecule has 2 atom stereocenters. The first-order chi connectivity index (χ1) is 8.13. The van der Waals surface area contributed by atoms with Crippen molar-refractivity contribution in [3.63, 3.8) is 0 Å². The molecule has 0 saturated heterocycles. The SMILES string of the molecule is COc1cc(C(=O)C2CCCC2N)ccc1Cl. The van der Waals surface area contributed by atoms with Crippen LogP contribution in [-0.4, -0.2) is 18.9 Å². The van der Waals surface area contributed by atoms with Gasteiger partial charge in [0, 0.05) is 17.5 Å². The Hall–Kier alpha value is -1.06. The number of halogens is 1. The number of Topliss-reactive ketones (excluding diaryl/α,β-unsaturated/α-hetero) is 1. The van der Waals surface area contributed by atoms with E-state index < -0.39 is 0 Å². The number of ketones is 1. The van der Waals surface area contributed by atoms with Crippen molar-refractivity contribution < 1.29 is 9.53 Å². The zero-order valence-corrected chi connectivity index (χ0v) is 10.5. The molecule has 0 aromatic heterocycles. The van der Waals surface area contributed by atoms with Crippen molar-refractivity contribution in [1.29, 1.82) is 0 Å². The van der Waals surface area contributed by atoms with E-state index in [0.29, 0.717) is 16.3 Å². The maximum Gasteiger partial charge on any atom is 0.167 e. The van der Waals surface area contributed by atoms with Gasteiger partial charge in [0.15, 0.2) is 5.78 Å². The van der Waals surface area contributed by atoms with Gasteiger partial charge in [0.25, 0.3) is 0 Å². The van der Waals surface area contributed by atoms with E-state index in [0.717, 1.165) is 19.3 Å². The third-order valence-corrected chi connectivity index (χ3v) is 3.65. The van der Waals surface area contributed by atoms with Crippen LogP contribution in [0.2, 0.25) is 5.02 Å².